The predicted molar refractivity (Wildman–Crippen MR) is 88.6 cm³/mol. The molecule has 23 heavy (non-hydrogen) atoms. The minimum atomic E-state index is -3.34. The lowest BCUT2D eigenvalue weighted by atomic mass is 10.2. The van der Waals surface area contributed by atoms with Gasteiger partial charge in [-0.05, 0) is 44.4 Å². The van der Waals surface area contributed by atoms with E-state index in [-0.39, 0.29) is 12.0 Å². The van der Waals surface area contributed by atoms with Crippen LogP contribution in [0.2, 0.25) is 0 Å². The van der Waals surface area contributed by atoms with Crippen LogP contribution in [-0.4, -0.2) is 43.6 Å². The number of ether oxygens (including phenoxy) is 1. The van der Waals surface area contributed by atoms with Gasteiger partial charge in [0.25, 0.3) is 0 Å². The molecule has 0 aliphatic carbocycles. The summed E-state index contributed by atoms with van der Waals surface area (Å²) in [7, 11) is -3.34. The molecular weight excluding hydrogens is 316 g/mol. The van der Waals surface area contributed by atoms with Crippen LogP contribution in [0.25, 0.3) is 0 Å². The molecule has 0 spiro atoms. The van der Waals surface area contributed by atoms with Gasteiger partial charge in [0.1, 0.15) is 11.8 Å². The summed E-state index contributed by atoms with van der Waals surface area (Å²) in [4.78, 5) is 12.2. The smallest absolute Gasteiger partial charge is 0.238 e. The standard InChI is InChI=1S/C16H24N2O4S/c1-12(2)22-14-8-6-13(7-9-14)11-17-16(19)15-5-4-10-18(15)23(3,20)21/h6-9,12,15H,4-5,10-11H2,1-3H3,(H,17,19). The van der Waals surface area contributed by atoms with Crippen LogP contribution in [-0.2, 0) is 21.4 Å². The zero-order valence-corrected chi connectivity index (χ0v) is 14.6. The topological polar surface area (TPSA) is 75.7 Å². The largest absolute Gasteiger partial charge is 0.491 e. The summed E-state index contributed by atoms with van der Waals surface area (Å²) in [5.41, 5.74) is 0.943. The Hall–Kier alpha value is -1.60. The predicted octanol–water partition coefficient (Wildman–Crippen LogP) is 1.51. The first-order valence-corrected chi connectivity index (χ1v) is 9.62. The van der Waals surface area contributed by atoms with Crippen molar-refractivity contribution in [1.82, 2.24) is 9.62 Å². The fraction of sp³-hybridized carbons (Fsp3) is 0.562. The Bertz CT molecular complexity index is 641. The van der Waals surface area contributed by atoms with Crippen molar-refractivity contribution in [1.29, 1.82) is 0 Å². The molecule has 1 fully saturated rings. The minimum absolute atomic E-state index is 0.116. The van der Waals surface area contributed by atoms with E-state index in [0.29, 0.717) is 25.9 Å². The van der Waals surface area contributed by atoms with Gasteiger partial charge in [-0.15, -0.1) is 0 Å². The Balaban J connectivity index is 1.91. The van der Waals surface area contributed by atoms with Crippen LogP contribution in [0.5, 0.6) is 5.75 Å². The summed E-state index contributed by atoms with van der Waals surface area (Å²) < 4.78 is 30.2. The third kappa shape index (κ3) is 4.94. The number of nitrogens with zero attached hydrogens (tertiary/aromatic N) is 1. The summed E-state index contributed by atoms with van der Waals surface area (Å²) >= 11 is 0. The SMILES string of the molecule is CC(C)Oc1ccc(CNC(=O)C2CCCN2S(C)(=O)=O)cc1. The minimum Gasteiger partial charge on any atom is -0.491 e. The number of sulfonamides is 1. The van der Waals surface area contributed by atoms with E-state index < -0.39 is 16.1 Å². The second-order valence-corrected chi connectivity index (χ2v) is 8.00. The molecule has 1 aromatic carbocycles. The normalized spacial score (nSPS) is 19.0. The highest BCUT2D eigenvalue weighted by Crippen LogP contribution is 2.20. The van der Waals surface area contributed by atoms with E-state index in [1.165, 1.54) is 4.31 Å². The van der Waals surface area contributed by atoms with E-state index in [1.54, 1.807) is 0 Å². The first kappa shape index (κ1) is 17.7. The van der Waals surface area contributed by atoms with Gasteiger partial charge in [-0.2, -0.15) is 4.31 Å². The van der Waals surface area contributed by atoms with Crippen molar-refractivity contribution < 1.29 is 17.9 Å². The molecule has 1 aliphatic rings. The summed E-state index contributed by atoms with van der Waals surface area (Å²) in [5, 5.41) is 2.82. The van der Waals surface area contributed by atoms with E-state index in [4.69, 9.17) is 4.74 Å². The van der Waals surface area contributed by atoms with Gasteiger partial charge in [0.2, 0.25) is 15.9 Å². The van der Waals surface area contributed by atoms with E-state index >= 15 is 0 Å². The van der Waals surface area contributed by atoms with Crippen molar-refractivity contribution in [3.8, 4) is 5.75 Å². The number of hydrogen-bond acceptors (Lipinski definition) is 4. The Labute approximate surface area is 137 Å². The monoisotopic (exact) mass is 340 g/mol. The zero-order chi connectivity index (χ0) is 17.0. The maximum Gasteiger partial charge on any atom is 0.238 e. The molecular formula is C16H24N2O4S. The van der Waals surface area contributed by atoms with Crippen molar-refractivity contribution in [3.63, 3.8) is 0 Å². The number of rotatable bonds is 6. The molecule has 1 heterocycles. The van der Waals surface area contributed by atoms with Crippen molar-refractivity contribution in [3.05, 3.63) is 29.8 Å². The average Bonchev–Trinajstić information content (AvgIpc) is 2.95. The van der Waals surface area contributed by atoms with Gasteiger partial charge in [-0.25, -0.2) is 8.42 Å². The van der Waals surface area contributed by atoms with Crippen molar-refractivity contribution in [2.24, 2.45) is 0 Å². The van der Waals surface area contributed by atoms with Crippen LogP contribution in [0.15, 0.2) is 24.3 Å². The van der Waals surface area contributed by atoms with Crippen molar-refractivity contribution in [2.45, 2.75) is 45.4 Å². The lowest BCUT2D eigenvalue weighted by Crippen LogP contribution is -2.45. The molecule has 1 aliphatic heterocycles. The summed E-state index contributed by atoms with van der Waals surface area (Å²) in [6.45, 7) is 4.71. The Morgan fingerprint density at radius 1 is 1.35 bits per heavy atom. The number of amides is 1. The maximum absolute atomic E-state index is 12.2. The Morgan fingerprint density at radius 2 is 2.00 bits per heavy atom. The van der Waals surface area contributed by atoms with Gasteiger partial charge in [0.15, 0.2) is 0 Å². The van der Waals surface area contributed by atoms with Gasteiger partial charge in [0, 0.05) is 13.1 Å². The molecule has 0 saturated carbocycles. The van der Waals surface area contributed by atoms with E-state index in [0.717, 1.165) is 17.6 Å². The van der Waals surface area contributed by atoms with Gasteiger partial charge in [0.05, 0.1) is 12.4 Å². The molecule has 1 N–H and O–H groups in total. The van der Waals surface area contributed by atoms with Crippen LogP contribution < -0.4 is 10.1 Å². The molecule has 1 aromatic rings. The highest BCUT2D eigenvalue weighted by molar-refractivity contribution is 7.88. The quantitative estimate of drug-likeness (QED) is 0.852. The molecule has 1 amide bonds. The molecule has 0 bridgehead atoms. The average molecular weight is 340 g/mol. The Morgan fingerprint density at radius 3 is 2.57 bits per heavy atom. The van der Waals surface area contributed by atoms with Gasteiger partial charge in [-0.3, -0.25) is 4.79 Å². The van der Waals surface area contributed by atoms with Gasteiger partial charge in [-0.1, -0.05) is 12.1 Å². The lowest BCUT2D eigenvalue weighted by Gasteiger charge is -2.21. The highest BCUT2D eigenvalue weighted by Gasteiger charge is 2.36. The van der Waals surface area contributed by atoms with Crippen LogP contribution in [0.3, 0.4) is 0 Å². The molecule has 128 valence electrons. The zero-order valence-electron chi connectivity index (χ0n) is 13.8. The van der Waals surface area contributed by atoms with Gasteiger partial charge >= 0.3 is 0 Å². The van der Waals surface area contributed by atoms with Crippen LogP contribution >= 0.6 is 0 Å². The van der Waals surface area contributed by atoms with Crippen LogP contribution in [0.4, 0.5) is 0 Å². The number of hydrogen-bond donors (Lipinski definition) is 1. The third-order valence-electron chi connectivity index (χ3n) is 3.69. The van der Waals surface area contributed by atoms with E-state index in [1.807, 2.05) is 38.1 Å². The summed E-state index contributed by atoms with van der Waals surface area (Å²) in [6.07, 6.45) is 2.54. The van der Waals surface area contributed by atoms with Crippen molar-refractivity contribution >= 4 is 15.9 Å². The van der Waals surface area contributed by atoms with Crippen LogP contribution in [0.1, 0.15) is 32.3 Å². The molecule has 6 nitrogen and oxygen atoms in total. The second kappa shape index (κ2) is 7.31. The molecule has 2 rings (SSSR count). The molecule has 1 atom stereocenters. The molecule has 1 unspecified atom stereocenters. The molecule has 0 radical (unpaired) electrons. The third-order valence-corrected chi connectivity index (χ3v) is 4.98. The summed E-state index contributed by atoms with van der Waals surface area (Å²) in [5.74, 6) is 0.546. The molecule has 1 saturated heterocycles. The fourth-order valence-electron chi connectivity index (χ4n) is 2.66. The number of carbonyl (C=O) groups excluding carboxylic acids is 1. The first-order valence-electron chi connectivity index (χ1n) is 7.77. The number of nitrogens with one attached hydrogen (secondary N) is 1. The van der Waals surface area contributed by atoms with E-state index in [2.05, 4.69) is 5.32 Å². The number of benzene rings is 1. The van der Waals surface area contributed by atoms with E-state index in [9.17, 15) is 13.2 Å². The van der Waals surface area contributed by atoms with Crippen molar-refractivity contribution in [2.75, 3.05) is 12.8 Å². The fourth-order valence-corrected chi connectivity index (χ4v) is 3.79. The van der Waals surface area contributed by atoms with Crippen LogP contribution in [0, 0.1) is 0 Å². The van der Waals surface area contributed by atoms with Gasteiger partial charge < -0.3 is 10.1 Å². The number of carbonyl (C=O) groups is 1. The second-order valence-electron chi connectivity index (χ2n) is 6.06. The highest BCUT2D eigenvalue weighted by atomic mass is 32.2. The molecule has 0 aromatic heterocycles. The summed E-state index contributed by atoms with van der Waals surface area (Å²) in [6, 6.07) is 6.91. The first-order chi connectivity index (χ1) is 10.8. The molecule has 7 heteroatoms. The lowest BCUT2D eigenvalue weighted by molar-refractivity contribution is -0.124. The Kier molecular flexibility index (Phi) is 5.64. The maximum atomic E-state index is 12.2.